The molecule has 0 radical (unpaired) electrons. The van der Waals surface area contributed by atoms with E-state index in [1.807, 2.05) is 0 Å². The van der Waals surface area contributed by atoms with Crippen LogP contribution in [0.25, 0.3) is 10.8 Å². The number of sulfonamides is 2. The van der Waals surface area contributed by atoms with Gasteiger partial charge >= 0.3 is 12.5 Å². The van der Waals surface area contributed by atoms with Crippen LogP contribution in [0.4, 0.5) is 37.8 Å². The highest BCUT2D eigenvalue weighted by atomic mass is 32.2. The number of Topliss-reactive ketones (excluding diaryl/α,β-unsaturated/α-hetero) is 1. The van der Waals surface area contributed by atoms with E-state index in [4.69, 9.17) is 4.74 Å². The number of aromatic nitrogens is 1. The summed E-state index contributed by atoms with van der Waals surface area (Å²) in [7, 11) is -9.20. The molecule has 0 amide bonds. The molecule has 0 fully saturated rings. The fourth-order valence-corrected chi connectivity index (χ4v) is 7.17. The van der Waals surface area contributed by atoms with Crippen LogP contribution in [0.1, 0.15) is 17.3 Å². The molecule has 0 spiro atoms. The number of benzene rings is 3. The van der Waals surface area contributed by atoms with E-state index < -0.39 is 66.2 Å². The van der Waals surface area contributed by atoms with Crippen LogP contribution in [-0.2, 0) is 29.6 Å². The van der Waals surface area contributed by atoms with Gasteiger partial charge in [0.25, 0.3) is 32.3 Å². The number of alkyl halides is 6. The Morgan fingerprint density at radius 3 is 1.85 bits per heavy atom. The third-order valence-corrected chi connectivity index (χ3v) is 10.0. The number of anilines is 2. The maximum atomic E-state index is 13.7. The minimum atomic E-state index is -5.18. The normalized spacial score (nSPS) is 12.4. The Morgan fingerprint density at radius 1 is 0.809 bits per heavy atom. The molecule has 0 N–H and O–H groups in total. The van der Waals surface area contributed by atoms with Crippen molar-refractivity contribution in [1.82, 2.24) is 4.98 Å². The van der Waals surface area contributed by atoms with Crippen LogP contribution in [-0.4, -0.2) is 59.9 Å². The molecule has 19 heteroatoms. The summed E-state index contributed by atoms with van der Waals surface area (Å²) in [6.07, 6.45) is -9.21. The molecular formula is C28H21F6N3O8S2. The van der Waals surface area contributed by atoms with Gasteiger partial charge < -0.3 is 9.47 Å². The summed E-state index contributed by atoms with van der Waals surface area (Å²) in [5.74, 6) is -3.23. The summed E-state index contributed by atoms with van der Waals surface area (Å²) >= 11 is 0. The Bertz CT molecular complexity index is 2000. The molecule has 1 aromatic heterocycles. The van der Waals surface area contributed by atoms with E-state index in [1.54, 1.807) is 0 Å². The van der Waals surface area contributed by atoms with Crippen molar-refractivity contribution in [1.29, 1.82) is 0 Å². The lowest BCUT2D eigenvalue weighted by Crippen LogP contribution is -2.35. The summed E-state index contributed by atoms with van der Waals surface area (Å²) in [4.78, 5) is 25.7. The molecule has 0 unspecified atom stereocenters. The lowest BCUT2D eigenvalue weighted by atomic mass is 10.1. The zero-order chi connectivity index (χ0) is 34.8. The molecule has 0 aliphatic carbocycles. The van der Waals surface area contributed by atoms with Gasteiger partial charge in [-0.05, 0) is 55.5 Å². The Balaban J connectivity index is 1.80. The van der Waals surface area contributed by atoms with E-state index >= 15 is 0 Å². The third kappa shape index (κ3) is 7.40. The lowest BCUT2D eigenvalue weighted by molar-refractivity contribution is -0.274. The molecule has 0 bridgehead atoms. The Hall–Kier alpha value is -4.91. The molecule has 11 nitrogen and oxygen atoms in total. The first-order valence-corrected chi connectivity index (χ1v) is 15.9. The molecule has 3 aromatic carbocycles. The van der Waals surface area contributed by atoms with Crippen molar-refractivity contribution in [3.63, 3.8) is 0 Å². The van der Waals surface area contributed by atoms with Crippen LogP contribution in [0.2, 0.25) is 0 Å². The predicted octanol–water partition coefficient (Wildman–Crippen LogP) is 5.42. The van der Waals surface area contributed by atoms with E-state index in [9.17, 15) is 52.8 Å². The van der Waals surface area contributed by atoms with Gasteiger partial charge in [0.1, 0.15) is 5.75 Å². The summed E-state index contributed by atoms with van der Waals surface area (Å²) < 4.78 is 141. The second-order valence-corrected chi connectivity index (χ2v) is 13.0. The van der Waals surface area contributed by atoms with Crippen molar-refractivity contribution in [2.75, 3.05) is 21.9 Å². The maximum absolute atomic E-state index is 13.7. The second kappa shape index (κ2) is 13.1. The molecule has 0 saturated heterocycles. The van der Waals surface area contributed by atoms with E-state index in [0.29, 0.717) is 16.4 Å². The number of hydrogen-bond donors (Lipinski definition) is 0. The van der Waals surface area contributed by atoms with Gasteiger partial charge in [0.2, 0.25) is 0 Å². The monoisotopic (exact) mass is 705 g/mol. The van der Waals surface area contributed by atoms with Crippen LogP contribution >= 0.6 is 0 Å². The van der Waals surface area contributed by atoms with Gasteiger partial charge in [-0.2, -0.15) is 13.2 Å². The Kier molecular flexibility index (Phi) is 9.72. The number of pyridine rings is 1. The molecule has 0 saturated carbocycles. The number of halogens is 6. The molecule has 0 atom stereocenters. The molecule has 4 rings (SSSR count). The molecule has 47 heavy (non-hydrogen) atoms. The minimum Gasteiger partial charge on any atom is -0.445 e. The maximum Gasteiger partial charge on any atom is 0.573 e. The summed E-state index contributed by atoms with van der Waals surface area (Å²) in [6.45, 7) is 0.210. The van der Waals surface area contributed by atoms with E-state index in [-0.39, 0.29) is 35.3 Å². The fraction of sp³-hybridized carbons (Fsp3) is 0.179. The smallest absolute Gasteiger partial charge is 0.445 e. The van der Waals surface area contributed by atoms with Crippen LogP contribution in [0, 0.1) is 0 Å². The van der Waals surface area contributed by atoms with Crippen LogP contribution in [0.3, 0.4) is 0 Å². The van der Waals surface area contributed by atoms with Crippen LogP contribution < -0.4 is 13.3 Å². The minimum absolute atomic E-state index is 0.0277. The number of ketones is 1. The number of nitrogens with zero attached hydrogens (tertiary/aromatic N) is 3. The average molecular weight is 706 g/mol. The van der Waals surface area contributed by atoms with Gasteiger partial charge in [-0.3, -0.25) is 13.9 Å². The Labute approximate surface area is 263 Å². The molecule has 1 heterocycles. The van der Waals surface area contributed by atoms with Crippen molar-refractivity contribution in [3.05, 3.63) is 84.6 Å². The molecule has 0 aliphatic heterocycles. The van der Waals surface area contributed by atoms with Crippen LogP contribution in [0.5, 0.6) is 5.75 Å². The predicted molar refractivity (Wildman–Crippen MR) is 154 cm³/mol. The third-order valence-electron chi connectivity index (χ3n) is 6.41. The zero-order valence-electron chi connectivity index (χ0n) is 23.7. The summed E-state index contributed by atoms with van der Waals surface area (Å²) in [6, 6.07) is 12.0. The van der Waals surface area contributed by atoms with E-state index in [0.717, 1.165) is 46.9 Å². The van der Waals surface area contributed by atoms with Gasteiger partial charge in [0.05, 0.1) is 21.7 Å². The first-order chi connectivity index (χ1) is 21.9. The highest BCUT2D eigenvalue weighted by Gasteiger charge is 2.39. The van der Waals surface area contributed by atoms with Gasteiger partial charge in [-0.25, -0.2) is 26.1 Å². The second-order valence-electron chi connectivity index (χ2n) is 9.30. The van der Waals surface area contributed by atoms with Crippen molar-refractivity contribution in [2.45, 2.75) is 29.3 Å². The quantitative estimate of drug-likeness (QED) is 0.0818. The van der Waals surface area contributed by atoms with Crippen molar-refractivity contribution in [2.24, 2.45) is 0 Å². The van der Waals surface area contributed by atoms with E-state index in [2.05, 4.69) is 9.72 Å². The van der Waals surface area contributed by atoms with Gasteiger partial charge in [-0.1, -0.05) is 24.3 Å². The standard InChI is InChI=1S/C28H21F6N3O8S2/c1-2-36(46(40,41)20-11-7-18(8-12-20)25(39)27(29,30)31)24-15-35-26(23-6-4-3-5-22(23)24)37(16-44-17-38)47(42,43)21-13-9-19(10-14-21)45-28(32,33)34/h3-15,17H,2,16H2,1H3. The highest BCUT2D eigenvalue weighted by Crippen LogP contribution is 2.37. The SMILES string of the molecule is CCN(c1cnc(N(COC=O)S(=O)(=O)c2ccc(OC(F)(F)F)cc2)c2ccccc12)S(=O)(=O)c1ccc(C(=O)C(F)(F)F)cc1. The molecule has 0 aliphatic rings. The first kappa shape index (κ1) is 35.0. The lowest BCUT2D eigenvalue weighted by Gasteiger charge is -2.27. The van der Waals surface area contributed by atoms with Crippen molar-refractivity contribution < 1.29 is 62.2 Å². The number of rotatable bonds is 12. The Morgan fingerprint density at radius 2 is 1.34 bits per heavy atom. The molecular weight excluding hydrogens is 684 g/mol. The number of carbonyl (C=O) groups is 2. The number of hydrogen-bond acceptors (Lipinski definition) is 9. The fourth-order valence-electron chi connectivity index (χ4n) is 4.38. The van der Waals surface area contributed by atoms with Gasteiger partial charge in [0.15, 0.2) is 12.5 Å². The average Bonchev–Trinajstić information content (AvgIpc) is 3.00. The van der Waals surface area contributed by atoms with Crippen molar-refractivity contribution in [3.8, 4) is 5.75 Å². The largest absolute Gasteiger partial charge is 0.573 e. The number of fused-ring (bicyclic) bond motifs is 1. The topological polar surface area (TPSA) is 140 Å². The molecule has 4 aromatic rings. The number of carbonyl (C=O) groups excluding carboxylic acids is 2. The summed E-state index contributed by atoms with van der Waals surface area (Å²) in [5.41, 5.74) is -0.859. The van der Waals surface area contributed by atoms with Crippen LogP contribution in [0.15, 0.2) is 88.8 Å². The van der Waals surface area contributed by atoms with E-state index in [1.165, 1.54) is 31.2 Å². The highest BCUT2D eigenvalue weighted by molar-refractivity contribution is 7.93. The zero-order valence-corrected chi connectivity index (χ0v) is 25.3. The first-order valence-electron chi connectivity index (χ1n) is 13.0. The van der Waals surface area contributed by atoms with Gasteiger partial charge in [0, 0.05) is 22.9 Å². The van der Waals surface area contributed by atoms with Crippen molar-refractivity contribution >= 4 is 54.6 Å². The van der Waals surface area contributed by atoms with Gasteiger partial charge in [-0.15, -0.1) is 13.2 Å². The number of ether oxygens (including phenoxy) is 2. The molecule has 250 valence electrons. The summed E-state index contributed by atoms with van der Waals surface area (Å²) in [5, 5.41) is 0.145.